The molecule has 1 aliphatic heterocycles. The monoisotopic (exact) mass is 415 g/mol. The predicted molar refractivity (Wildman–Crippen MR) is 112 cm³/mol. The number of benzene rings is 1. The maximum atomic E-state index is 15.2. The van der Waals surface area contributed by atoms with Gasteiger partial charge in [-0.15, -0.1) is 0 Å². The summed E-state index contributed by atoms with van der Waals surface area (Å²) in [4.78, 5) is 29.1. The number of anilines is 1. The van der Waals surface area contributed by atoms with Crippen LogP contribution < -0.4 is 26.2 Å². The van der Waals surface area contributed by atoms with Crippen molar-refractivity contribution in [3.05, 3.63) is 32.7 Å². The van der Waals surface area contributed by atoms with Crippen LogP contribution in [0.2, 0.25) is 0 Å². The standard InChI is InChI=1S/C21H26FN5O3/c1-12(24-8-3-7-23)13-6-9-26(11-13)18-16(22)10-15-17(19(18)30-2)27(14-4-5-14)21(29)25-20(15)28/h10,12-14,24H,3-6,8-9,11H2,1-2H3,(H,25,28,29)/t12-,13+/m0/s1. The fourth-order valence-corrected chi connectivity index (χ4v) is 4.43. The zero-order valence-electron chi connectivity index (χ0n) is 17.2. The molecule has 0 amide bonds. The second-order valence-corrected chi connectivity index (χ2v) is 8.14. The largest absolute Gasteiger partial charge is 0.492 e. The summed E-state index contributed by atoms with van der Waals surface area (Å²) < 4.78 is 22.4. The van der Waals surface area contributed by atoms with Crippen molar-refractivity contribution in [2.45, 2.75) is 44.7 Å². The number of hydrogen-bond donors (Lipinski definition) is 2. The molecule has 0 bridgehead atoms. The van der Waals surface area contributed by atoms with E-state index in [-0.39, 0.29) is 29.1 Å². The van der Waals surface area contributed by atoms with Crippen molar-refractivity contribution in [2.24, 2.45) is 5.92 Å². The summed E-state index contributed by atoms with van der Waals surface area (Å²) in [6.45, 7) is 3.96. The third-order valence-electron chi connectivity index (χ3n) is 6.17. The van der Waals surface area contributed by atoms with Crippen LogP contribution in [-0.2, 0) is 0 Å². The normalized spacial score (nSPS) is 19.8. The van der Waals surface area contributed by atoms with Crippen molar-refractivity contribution in [2.75, 3.05) is 31.6 Å². The van der Waals surface area contributed by atoms with E-state index in [0.29, 0.717) is 37.3 Å². The van der Waals surface area contributed by atoms with Crippen LogP contribution in [-0.4, -0.2) is 42.3 Å². The molecule has 1 aromatic heterocycles. The molecule has 1 aromatic carbocycles. The van der Waals surface area contributed by atoms with Gasteiger partial charge in [0.25, 0.3) is 5.56 Å². The summed E-state index contributed by atoms with van der Waals surface area (Å²) in [5.41, 5.74) is -0.421. The highest BCUT2D eigenvalue weighted by molar-refractivity contribution is 5.91. The summed E-state index contributed by atoms with van der Waals surface area (Å²) in [6, 6.07) is 3.52. The number of nitriles is 1. The van der Waals surface area contributed by atoms with E-state index in [1.54, 1.807) is 0 Å². The van der Waals surface area contributed by atoms with Gasteiger partial charge in [0.15, 0.2) is 11.6 Å². The lowest BCUT2D eigenvalue weighted by atomic mass is 10.0. The van der Waals surface area contributed by atoms with Crippen LogP contribution in [0.25, 0.3) is 10.9 Å². The lowest BCUT2D eigenvalue weighted by Crippen LogP contribution is -2.36. The van der Waals surface area contributed by atoms with Crippen LogP contribution in [0.4, 0.5) is 10.1 Å². The number of aromatic amines is 1. The first-order valence-corrected chi connectivity index (χ1v) is 10.4. The zero-order valence-corrected chi connectivity index (χ0v) is 17.2. The van der Waals surface area contributed by atoms with E-state index in [9.17, 15) is 9.59 Å². The minimum Gasteiger partial charge on any atom is -0.492 e. The minimum absolute atomic E-state index is 0.000237. The molecule has 8 nitrogen and oxygen atoms in total. The van der Waals surface area contributed by atoms with E-state index in [2.05, 4.69) is 23.3 Å². The van der Waals surface area contributed by atoms with Gasteiger partial charge in [-0.2, -0.15) is 5.26 Å². The molecule has 2 aromatic rings. The molecular formula is C21H26FN5O3. The molecule has 4 rings (SSSR count). The average Bonchev–Trinajstić information content (AvgIpc) is 3.43. The van der Waals surface area contributed by atoms with Gasteiger partial charge in [-0.3, -0.25) is 14.3 Å². The van der Waals surface area contributed by atoms with Crippen molar-refractivity contribution in [1.29, 1.82) is 5.26 Å². The van der Waals surface area contributed by atoms with Gasteiger partial charge in [0, 0.05) is 38.1 Å². The molecule has 0 unspecified atom stereocenters. The maximum absolute atomic E-state index is 15.2. The van der Waals surface area contributed by atoms with Gasteiger partial charge in [0.2, 0.25) is 0 Å². The first-order chi connectivity index (χ1) is 14.5. The first-order valence-electron chi connectivity index (χ1n) is 10.4. The van der Waals surface area contributed by atoms with Crippen LogP contribution in [0.5, 0.6) is 5.75 Å². The summed E-state index contributed by atoms with van der Waals surface area (Å²) in [7, 11) is 1.44. The van der Waals surface area contributed by atoms with E-state index in [1.165, 1.54) is 17.7 Å². The molecular weight excluding hydrogens is 389 g/mol. The average molecular weight is 415 g/mol. The van der Waals surface area contributed by atoms with Crippen LogP contribution >= 0.6 is 0 Å². The molecule has 2 heterocycles. The molecule has 0 radical (unpaired) electrons. The molecule has 9 heteroatoms. The van der Waals surface area contributed by atoms with E-state index < -0.39 is 17.1 Å². The molecule has 160 valence electrons. The SMILES string of the molecule is COc1c(N2CC[C@@H]([C@H](C)NCCC#N)C2)c(F)cc2c(=O)[nH]c(=O)n(C3CC3)c12. The summed E-state index contributed by atoms with van der Waals surface area (Å²) in [5.74, 6) is -0.00396. The van der Waals surface area contributed by atoms with Gasteiger partial charge in [-0.05, 0) is 38.2 Å². The van der Waals surface area contributed by atoms with Gasteiger partial charge in [-0.1, -0.05) is 0 Å². The van der Waals surface area contributed by atoms with Crippen LogP contribution in [0.3, 0.4) is 0 Å². The van der Waals surface area contributed by atoms with Crippen molar-refractivity contribution >= 4 is 16.6 Å². The van der Waals surface area contributed by atoms with E-state index in [1.807, 2.05) is 4.90 Å². The quantitative estimate of drug-likeness (QED) is 0.670. The third kappa shape index (κ3) is 3.56. The second-order valence-electron chi connectivity index (χ2n) is 8.14. The van der Waals surface area contributed by atoms with E-state index in [4.69, 9.17) is 10.00 Å². The molecule has 1 saturated carbocycles. The molecule has 2 fully saturated rings. The van der Waals surface area contributed by atoms with Gasteiger partial charge >= 0.3 is 5.69 Å². The fourth-order valence-electron chi connectivity index (χ4n) is 4.43. The first kappa shape index (κ1) is 20.4. The summed E-state index contributed by atoms with van der Waals surface area (Å²) >= 11 is 0. The number of hydrogen-bond acceptors (Lipinski definition) is 6. The molecule has 2 atom stereocenters. The number of rotatable bonds is 7. The van der Waals surface area contributed by atoms with Crippen molar-refractivity contribution < 1.29 is 9.13 Å². The number of fused-ring (bicyclic) bond motifs is 1. The number of ether oxygens (including phenoxy) is 1. The predicted octanol–water partition coefficient (Wildman–Crippen LogP) is 1.89. The molecule has 1 saturated heterocycles. The van der Waals surface area contributed by atoms with Gasteiger partial charge in [0.05, 0.1) is 18.6 Å². The van der Waals surface area contributed by atoms with Crippen molar-refractivity contribution in [3.63, 3.8) is 0 Å². The van der Waals surface area contributed by atoms with Crippen LogP contribution in [0.1, 0.15) is 38.6 Å². The zero-order chi connectivity index (χ0) is 21.4. The van der Waals surface area contributed by atoms with E-state index in [0.717, 1.165) is 19.3 Å². The Labute approximate surface area is 173 Å². The lowest BCUT2D eigenvalue weighted by molar-refractivity contribution is 0.402. The lowest BCUT2D eigenvalue weighted by Gasteiger charge is -2.25. The number of halogens is 1. The van der Waals surface area contributed by atoms with Crippen molar-refractivity contribution in [1.82, 2.24) is 14.9 Å². The highest BCUT2D eigenvalue weighted by Gasteiger charge is 2.34. The van der Waals surface area contributed by atoms with Crippen LogP contribution in [0, 0.1) is 23.1 Å². The number of aromatic nitrogens is 2. The van der Waals surface area contributed by atoms with E-state index >= 15 is 4.39 Å². The summed E-state index contributed by atoms with van der Waals surface area (Å²) in [5, 5.41) is 12.2. The van der Waals surface area contributed by atoms with Gasteiger partial charge in [-0.25, -0.2) is 9.18 Å². The Bertz CT molecular complexity index is 1110. The third-order valence-corrected chi connectivity index (χ3v) is 6.17. The number of H-pyrrole nitrogens is 1. The molecule has 2 aliphatic rings. The molecule has 2 N–H and O–H groups in total. The Morgan fingerprint density at radius 1 is 1.40 bits per heavy atom. The highest BCUT2D eigenvalue weighted by atomic mass is 19.1. The van der Waals surface area contributed by atoms with Gasteiger partial charge < -0.3 is 15.0 Å². The number of nitrogens with one attached hydrogen (secondary N) is 2. The maximum Gasteiger partial charge on any atom is 0.329 e. The smallest absolute Gasteiger partial charge is 0.329 e. The highest BCUT2D eigenvalue weighted by Crippen LogP contribution is 2.43. The topological polar surface area (TPSA) is 103 Å². The minimum atomic E-state index is -0.606. The number of nitrogens with zero attached hydrogens (tertiary/aromatic N) is 3. The molecule has 0 spiro atoms. The summed E-state index contributed by atoms with van der Waals surface area (Å²) in [6.07, 6.45) is 3.00. The Morgan fingerprint density at radius 3 is 2.83 bits per heavy atom. The Kier molecular flexibility index (Phi) is 5.52. The van der Waals surface area contributed by atoms with Crippen LogP contribution in [0.15, 0.2) is 15.7 Å². The Morgan fingerprint density at radius 2 is 2.17 bits per heavy atom. The number of methoxy groups -OCH3 is 1. The van der Waals surface area contributed by atoms with Gasteiger partial charge in [0.1, 0.15) is 11.2 Å². The second kappa shape index (κ2) is 8.11. The molecule has 1 aliphatic carbocycles. The molecule has 30 heavy (non-hydrogen) atoms. The van der Waals surface area contributed by atoms with Crippen molar-refractivity contribution in [3.8, 4) is 11.8 Å². The fraction of sp³-hybridized carbons (Fsp3) is 0.571. The Hall–Kier alpha value is -2.86. The Balaban J connectivity index is 1.74.